The van der Waals surface area contributed by atoms with Gasteiger partial charge >= 0.3 is 6.18 Å². The molecule has 0 heterocycles. The third kappa shape index (κ3) is 4.68. The first kappa shape index (κ1) is 15.7. The molecule has 0 spiro atoms. The van der Waals surface area contributed by atoms with E-state index in [1.165, 1.54) is 6.07 Å². The molecule has 0 bridgehead atoms. The average Bonchev–Trinajstić information content (AvgIpc) is 2.26. The number of halogens is 3. The van der Waals surface area contributed by atoms with Crippen molar-refractivity contribution in [3.63, 3.8) is 0 Å². The van der Waals surface area contributed by atoms with E-state index in [-0.39, 0.29) is 23.8 Å². The minimum Gasteiger partial charge on any atom is -0.395 e. The predicted octanol–water partition coefficient (Wildman–Crippen LogP) is 1.99. The molecule has 7 heteroatoms. The van der Waals surface area contributed by atoms with Gasteiger partial charge in [-0.05, 0) is 19.1 Å². The molecule has 0 radical (unpaired) electrons. The van der Waals surface area contributed by atoms with Crippen LogP contribution in [-0.2, 0) is 0 Å². The Morgan fingerprint density at radius 3 is 2.53 bits per heavy atom. The molecule has 0 saturated heterocycles. The van der Waals surface area contributed by atoms with E-state index in [4.69, 9.17) is 23.1 Å². The van der Waals surface area contributed by atoms with Crippen molar-refractivity contribution >= 4 is 22.9 Å². The molecular weight excluding hydrogens is 277 g/mol. The molecule has 0 fully saturated rings. The maximum absolute atomic E-state index is 12.5. The van der Waals surface area contributed by atoms with Crippen LogP contribution < -0.4 is 10.6 Å². The van der Waals surface area contributed by atoms with Crippen LogP contribution in [0.15, 0.2) is 18.2 Å². The van der Waals surface area contributed by atoms with Crippen molar-refractivity contribution in [2.45, 2.75) is 13.1 Å². The molecule has 0 saturated carbocycles. The van der Waals surface area contributed by atoms with Crippen LogP contribution in [0.4, 0.5) is 18.9 Å². The fraction of sp³-hybridized carbons (Fsp3) is 0.417. The van der Waals surface area contributed by atoms with Gasteiger partial charge in [0, 0.05) is 17.8 Å². The number of alkyl halides is 3. The highest BCUT2D eigenvalue weighted by Crippen LogP contribution is 2.26. The average molecular weight is 292 g/mol. The molecule has 0 aromatic heterocycles. The van der Waals surface area contributed by atoms with Crippen molar-refractivity contribution in [1.29, 1.82) is 0 Å². The lowest BCUT2D eigenvalue weighted by Crippen LogP contribution is -2.37. The van der Waals surface area contributed by atoms with Gasteiger partial charge in [0.2, 0.25) is 0 Å². The second-order valence-corrected chi connectivity index (χ2v) is 4.59. The number of anilines is 1. The van der Waals surface area contributed by atoms with Crippen molar-refractivity contribution < 1.29 is 18.3 Å². The highest BCUT2D eigenvalue weighted by molar-refractivity contribution is 7.80. The second kappa shape index (κ2) is 6.21. The maximum Gasteiger partial charge on any atom is 0.405 e. The third-order valence-electron chi connectivity index (χ3n) is 2.50. The normalized spacial score (nSPS) is 11.4. The van der Waals surface area contributed by atoms with Crippen LogP contribution in [0.5, 0.6) is 0 Å². The summed E-state index contributed by atoms with van der Waals surface area (Å²) >= 11 is 4.86. The topological polar surface area (TPSA) is 49.5 Å². The summed E-state index contributed by atoms with van der Waals surface area (Å²) in [5, 5.41) is 8.91. The molecule has 0 atom stereocenters. The fourth-order valence-corrected chi connectivity index (χ4v) is 1.91. The predicted molar refractivity (Wildman–Crippen MR) is 72.4 cm³/mol. The summed E-state index contributed by atoms with van der Waals surface area (Å²) in [7, 11) is 0. The van der Waals surface area contributed by atoms with Gasteiger partial charge in [0.15, 0.2) is 0 Å². The Morgan fingerprint density at radius 2 is 2.05 bits per heavy atom. The molecule has 1 aromatic carbocycles. The number of rotatable bonds is 5. The van der Waals surface area contributed by atoms with Crippen LogP contribution in [0.2, 0.25) is 0 Å². The van der Waals surface area contributed by atoms with Gasteiger partial charge in [-0.2, -0.15) is 13.2 Å². The Balaban J connectivity index is 3.18. The van der Waals surface area contributed by atoms with Gasteiger partial charge in [-0.3, -0.25) is 0 Å². The van der Waals surface area contributed by atoms with Crippen LogP contribution in [0, 0.1) is 6.92 Å². The summed E-state index contributed by atoms with van der Waals surface area (Å²) in [4.78, 5) is 1.05. The quantitative estimate of drug-likeness (QED) is 0.815. The molecule has 3 N–H and O–H groups in total. The Morgan fingerprint density at radius 1 is 1.42 bits per heavy atom. The monoisotopic (exact) mass is 292 g/mol. The van der Waals surface area contributed by atoms with Crippen molar-refractivity contribution in [2.24, 2.45) is 5.73 Å². The van der Waals surface area contributed by atoms with Gasteiger partial charge in [0.25, 0.3) is 0 Å². The minimum absolute atomic E-state index is 0.0313. The van der Waals surface area contributed by atoms with E-state index < -0.39 is 12.7 Å². The largest absolute Gasteiger partial charge is 0.405 e. The summed E-state index contributed by atoms with van der Waals surface area (Å²) in [6, 6.07) is 4.85. The second-order valence-electron chi connectivity index (χ2n) is 4.15. The molecule has 1 aromatic rings. The molecule has 1 rings (SSSR count). The number of nitrogens with zero attached hydrogens (tertiary/aromatic N) is 1. The number of hydrogen-bond acceptors (Lipinski definition) is 3. The minimum atomic E-state index is -4.37. The van der Waals surface area contributed by atoms with Crippen molar-refractivity contribution in [2.75, 3.05) is 24.6 Å². The Kier molecular flexibility index (Phi) is 5.13. The van der Waals surface area contributed by atoms with E-state index in [1.54, 1.807) is 19.1 Å². The molecule has 0 aliphatic carbocycles. The summed E-state index contributed by atoms with van der Waals surface area (Å²) < 4.78 is 37.6. The summed E-state index contributed by atoms with van der Waals surface area (Å²) in [6.07, 6.45) is -4.37. The zero-order valence-electron chi connectivity index (χ0n) is 10.4. The number of benzene rings is 1. The molecule has 0 amide bonds. The van der Waals surface area contributed by atoms with Gasteiger partial charge < -0.3 is 15.7 Å². The first-order valence-electron chi connectivity index (χ1n) is 5.57. The molecule has 0 aliphatic heterocycles. The fourth-order valence-electron chi connectivity index (χ4n) is 1.74. The summed E-state index contributed by atoms with van der Waals surface area (Å²) in [6.45, 7) is 0.108. The van der Waals surface area contributed by atoms with E-state index >= 15 is 0 Å². The van der Waals surface area contributed by atoms with Crippen molar-refractivity contribution in [1.82, 2.24) is 0 Å². The molecular formula is C12H15F3N2OS. The van der Waals surface area contributed by atoms with Gasteiger partial charge in [-0.15, -0.1) is 0 Å². The Labute approximate surface area is 114 Å². The number of aryl methyl sites for hydroxylation is 1. The first-order chi connectivity index (χ1) is 8.74. The molecule has 0 aliphatic rings. The lowest BCUT2D eigenvalue weighted by molar-refractivity contribution is -0.119. The summed E-state index contributed by atoms with van der Waals surface area (Å²) in [5.41, 5.74) is 7.06. The van der Waals surface area contributed by atoms with Crippen molar-refractivity contribution in [3.05, 3.63) is 29.3 Å². The van der Waals surface area contributed by atoms with Crippen LogP contribution >= 0.6 is 12.2 Å². The molecule has 3 nitrogen and oxygen atoms in total. The van der Waals surface area contributed by atoms with Gasteiger partial charge in [0.1, 0.15) is 11.5 Å². The molecule has 19 heavy (non-hydrogen) atoms. The Hall–Kier alpha value is -1.34. The van der Waals surface area contributed by atoms with Crippen LogP contribution in [-0.4, -0.2) is 36.0 Å². The van der Waals surface area contributed by atoms with Crippen LogP contribution in [0.1, 0.15) is 11.1 Å². The summed E-state index contributed by atoms with van der Waals surface area (Å²) in [5.74, 6) is 0. The number of nitrogens with two attached hydrogens (primary N) is 1. The third-order valence-corrected chi connectivity index (χ3v) is 2.72. The Bertz CT molecular complexity index is 463. The van der Waals surface area contributed by atoms with Gasteiger partial charge in [0.05, 0.1) is 6.61 Å². The van der Waals surface area contributed by atoms with Crippen LogP contribution in [0.25, 0.3) is 0 Å². The molecule has 0 unspecified atom stereocenters. The first-order valence-corrected chi connectivity index (χ1v) is 5.98. The van der Waals surface area contributed by atoms with E-state index in [2.05, 4.69) is 0 Å². The number of aliphatic hydroxyl groups excluding tert-OH is 1. The number of aliphatic hydroxyl groups is 1. The van der Waals surface area contributed by atoms with E-state index in [0.717, 1.165) is 10.5 Å². The number of hydrogen-bond donors (Lipinski definition) is 2. The highest BCUT2D eigenvalue weighted by atomic mass is 32.1. The molecule has 106 valence electrons. The van der Waals surface area contributed by atoms with E-state index in [1.807, 2.05) is 0 Å². The van der Waals surface area contributed by atoms with Gasteiger partial charge in [-0.1, -0.05) is 23.8 Å². The van der Waals surface area contributed by atoms with Gasteiger partial charge in [-0.25, -0.2) is 0 Å². The maximum atomic E-state index is 12.5. The lowest BCUT2D eigenvalue weighted by atomic mass is 10.1. The lowest BCUT2D eigenvalue weighted by Gasteiger charge is -2.27. The van der Waals surface area contributed by atoms with E-state index in [9.17, 15) is 13.2 Å². The smallest absolute Gasteiger partial charge is 0.395 e. The highest BCUT2D eigenvalue weighted by Gasteiger charge is 2.31. The zero-order valence-corrected chi connectivity index (χ0v) is 11.2. The van der Waals surface area contributed by atoms with Crippen molar-refractivity contribution in [3.8, 4) is 0 Å². The SMILES string of the molecule is Cc1ccc(N(CCO)CC(F)(F)F)c(C(N)=S)c1. The number of thiocarbonyl (C=S) groups is 1. The zero-order chi connectivity index (χ0) is 14.6. The van der Waals surface area contributed by atoms with Crippen LogP contribution in [0.3, 0.4) is 0 Å². The van der Waals surface area contributed by atoms with E-state index in [0.29, 0.717) is 5.56 Å². The standard InChI is InChI=1S/C12H15F3N2OS/c1-8-2-3-10(9(6-8)11(16)19)17(4-5-18)7-12(13,14)15/h2-3,6,18H,4-5,7H2,1H3,(H2,16,19).